The minimum Gasteiger partial charge on any atom is -0.396 e. The number of aliphatic hydroxyl groups is 1. The molecule has 1 heterocycles. The smallest absolute Gasteiger partial charge is 0.241 e. The monoisotopic (exact) mass is 287 g/mol. The second kappa shape index (κ2) is 7.21. The van der Waals surface area contributed by atoms with Crippen LogP contribution in [0, 0.1) is 17.2 Å². The van der Waals surface area contributed by atoms with Crippen LogP contribution in [0.3, 0.4) is 0 Å². The van der Waals surface area contributed by atoms with E-state index in [2.05, 4.69) is 16.3 Å². The van der Waals surface area contributed by atoms with E-state index in [1.807, 2.05) is 6.92 Å². The number of aliphatic hydroxyl groups excluding tert-OH is 1. The summed E-state index contributed by atoms with van der Waals surface area (Å²) in [4.78, 5) is 14.4. The van der Waals surface area contributed by atoms with Gasteiger partial charge in [0.2, 0.25) is 5.91 Å². The predicted molar refractivity (Wildman–Crippen MR) is 80.6 cm³/mol. The number of nitriles is 1. The van der Waals surface area contributed by atoms with Crippen molar-refractivity contribution in [3.8, 4) is 6.07 Å². The average Bonchev–Trinajstić information content (AvgIpc) is 2.54. The van der Waals surface area contributed by atoms with Crippen molar-refractivity contribution in [2.45, 2.75) is 25.8 Å². The molecule has 1 aromatic carbocycles. The lowest BCUT2D eigenvalue weighted by Gasteiger charge is -2.34. The molecule has 0 bridgehead atoms. The van der Waals surface area contributed by atoms with Gasteiger partial charge in [-0.1, -0.05) is 6.07 Å². The van der Waals surface area contributed by atoms with Crippen molar-refractivity contribution in [2.75, 3.05) is 25.0 Å². The Morgan fingerprint density at radius 1 is 1.52 bits per heavy atom. The lowest BCUT2D eigenvalue weighted by atomic mass is 9.97. The van der Waals surface area contributed by atoms with Crippen molar-refractivity contribution in [1.82, 2.24) is 4.90 Å². The van der Waals surface area contributed by atoms with E-state index < -0.39 is 0 Å². The Labute approximate surface area is 125 Å². The number of nitrogens with zero attached hydrogens (tertiary/aromatic N) is 2. The Kier molecular flexibility index (Phi) is 5.32. The van der Waals surface area contributed by atoms with Crippen molar-refractivity contribution in [2.24, 2.45) is 5.92 Å². The Bertz CT molecular complexity index is 531. The summed E-state index contributed by atoms with van der Waals surface area (Å²) in [6.45, 7) is 3.79. The number of benzene rings is 1. The minimum atomic E-state index is -0.213. The van der Waals surface area contributed by atoms with Crippen molar-refractivity contribution in [1.29, 1.82) is 5.26 Å². The van der Waals surface area contributed by atoms with E-state index >= 15 is 0 Å². The third kappa shape index (κ3) is 4.03. The van der Waals surface area contributed by atoms with E-state index in [1.54, 1.807) is 24.3 Å². The maximum atomic E-state index is 12.3. The second-order valence-corrected chi connectivity index (χ2v) is 5.52. The summed E-state index contributed by atoms with van der Waals surface area (Å²) in [7, 11) is 0. The fourth-order valence-corrected chi connectivity index (χ4v) is 2.60. The van der Waals surface area contributed by atoms with Crippen LogP contribution in [0.4, 0.5) is 5.69 Å². The molecule has 0 saturated carbocycles. The molecule has 0 spiro atoms. The van der Waals surface area contributed by atoms with Crippen LogP contribution in [0.1, 0.15) is 25.3 Å². The number of likely N-dealkylation sites (tertiary alicyclic amines) is 1. The van der Waals surface area contributed by atoms with Crippen molar-refractivity contribution in [3.05, 3.63) is 29.8 Å². The van der Waals surface area contributed by atoms with E-state index in [1.165, 1.54) is 0 Å². The van der Waals surface area contributed by atoms with Crippen LogP contribution >= 0.6 is 0 Å². The van der Waals surface area contributed by atoms with Gasteiger partial charge in [-0.25, -0.2) is 0 Å². The zero-order valence-corrected chi connectivity index (χ0v) is 12.2. The highest BCUT2D eigenvalue weighted by Gasteiger charge is 2.26. The Morgan fingerprint density at radius 2 is 2.24 bits per heavy atom. The molecule has 5 nitrogen and oxygen atoms in total. The molecule has 1 aliphatic heterocycles. The number of amides is 1. The highest BCUT2D eigenvalue weighted by molar-refractivity contribution is 5.94. The average molecular weight is 287 g/mol. The molecular weight excluding hydrogens is 266 g/mol. The van der Waals surface area contributed by atoms with E-state index in [0.717, 1.165) is 25.9 Å². The van der Waals surface area contributed by atoms with Gasteiger partial charge in [0.15, 0.2) is 0 Å². The zero-order chi connectivity index (χ0) is 15.2. The first-order valence-corrected chi connectivity index (χ1v) is 7.30. The van der Waals surface area contributed by atoms with Gasteiger partial charge in [-0.15, -0.1) is 0 Å². The molecule has 1 fully saturated rings. The van der Waals surface area contributed by atoms with E-state index in [0.29, 0.717) is 17.2 Å². The Hall–Kier alpha value is -1.90. The molecule has 0 aliphatic carbocycles. The molecular formula is C16H21N3O2. The molecule has 2 rings (SSSR count). The van der Waals surface area contributed by atoms with Crippen LogP contribution < -0.4 is 5.32 Å². The van der Waals surface area contributed by atoms with E-state index in [4.69, 9.17) is 10.4 Å². The van der Waals surface area contributed by atoms with Crippen molar-refractivity contribution >= 4 is 11.6 Å². The second-order valence-electron chi connectivity index (χ2n) is 5.52. The van der Waals surface area contributed by atoms with Crippen LogP contribution in [0.25, 0.3) is 0 Å². The summed E-state index contributed by atoms with van der Waals surface area (Å²) in [5, 5.41) is 20.9. The van der Waals surface area contributed by atoms with E-state index in [-0.39, 0.29) is 18.6 Å². The third-order valence-electron chi connectivity index (χ3n) is 4.09. The van der Waals surface area contributed by atoms with Gasteiger partial charge in [-0.2, -0.15) is 5.26 Å². The number of nitrogens with one attached hydrogen (secondary N) is 1. The molecule has 1 unspecified atom stereocenters. The molecule has 1 saturated heterocycles. The van der Waals surface area contributed by atoms with Crippen molar-refractivity contribution < 1.29 is 9.90 Å². The van der Waals surface area contributed by atoms with Crippen LogP contribution in [-0.2, 0) is 4.79 Å². The maximum absolute atomic E-state index is 12.3. The SMILES string of the molecule is CC(C(=O)Nc1cccc(C#N)c1)N1CCC(CO)CC1. The van der Waals surface area contributed by atoms with Gasteiger partial charge in [0, 0.05) is 12.3 Å². The summed E-state index contributed by atoms with van der Waals surface area (Å²) >= 11 is 0. The van der Waals surface area contributed by atoms with Gasteiger partial charge in [-0.05, 0) is 57.0 Å². The molecule has 1 aliphatic rings. The number of rotatable bonds is 4. The lowest BCUT2D eigenvalue weighted by molar-refractivity contribution is -0.121. The van der Waals surface area contributed by atoms with Gasteiger partial charge < -0.3 is 10.4 Å². The number of carbonyl (C=O) groups excluding carboxylic acids is 1. The molecule has 112 valence electrons. The molecule has 1 aromatic rings. The minimum absolute atomic E-state index is 0.0625. The summed E-state index contributed by atoms with van der Waals surface area (Å²) in [6.07, 6.45) is 1.86. The fraction of sp³-hybridized carbons (Fsp3) is 0.500. The quantitative estimate of drug-likeness (QED) is 0.881. The van der Waals surface area contributed by atoms with E-state index in [9.17, 15) is 4.79 Å². The fourth-order valence-electron chi connectivity index (χ4n) is 2.60. The summed E-state index contributed by atoms with van der Waals surface area (Å²) in [6, 6.07) is 8.76. The molecule has 1 amide bonds. The van der Waals surface area contributed by atoms with Crippen LogP contribution in [0.5, 0.6) is 0 Å². The number of anilines is 1. The normalized spacial score (nSPS) is 18.0. The van der Waals surface area contributed by atoms with Crippen LogP contribution in [0.2, 0.25) is 0 Å². The van der Waals surface area contributed by atoms with Crippen LogP contribution in [0.15, 0.2) is 24.3 Å². The summed E-state index contributed by atoms with van der Waals surface area (Å²) in [5.74, 6) is 0.302. The molecule has 21 heavy (non-hydrogen) atoms. The third-order valence-corrected chi connectivity index (χ3v) is 4.09. The van der Waals surface area contributed by atoms with Gasteiger partial charge in [0.05, 0.1) is 17.7 Å². The van der Waals surface area contributed by atoms with Gasteiger partial charge in [0.25, 0.3) is 0 Å². The van der Waals surface area contributed by atoms with Gasteiger partial charge in [0.1, 0.15) is 0 Å². The van der Waals surface area contributed by atoms with Gasteiger partial charge in [-0.3, -0.25) is 9.69 Å². The Morgan fingerprint density at radius 3 is 2.86 bits per heavy atom. The van der Waals surface area contributed by atoms with Crippen LogP contribution in [-0.4, -0.2) is 41.7 Å². The first-order chi connectivity index (χ1) is 10.1. The highest BCUT2D eigenvalue weighted by Crippen LogP contribution is 2.19. The summed E-state index contributed by atoms with van der Waals surface area (Å²) < 4.78 is 0. The predicted octanol–water partition coefficient (Wildman–Crippen LogP) is 1.59. The topological polar surface area (TPSA) is 76.4 Å². The molecule has 2 N–H and O–H groups in total. The first-order valence-electron chi connectivity index (χ1n) is 7.30. The number of hydrogen-bond donors (Lipinski definition) is 2. The first kappa shape index (κ1) is 15.5. The molecule has 5 heteroatoms. The largest absolute Gasteiger partial charge is 0.396 e. The maximum Gasteiger partial charge on any atom is 0.241 e. The van der Waals surface area contributed by atoms with Crippen molar-refractivity contribution in [3.63, 3.8) is 0 Å². The number of carbonyl (C=O) groups is 1. The number of hydrogen-bond acceptors (Lipinski definition) is 4. The number of piperidine rings is 1. The molecule has 0 radical (unpaired) electrons. The lowest BCUT2D eigenvalue weighted by Crippen LogP contribution is -2.46. The highest BCUT2D eigenvalue weighted by atomic mass is 16.3. The standard InChI is InChI=1S/C16H21N3O2/c1-12(19-7-5-13(11-20)6-8-19)16(21)18-15-4-2-3-14(9-15)10-17/h2-4,9,12-13,20H,5-8,11H2,1H3,(H,18,21). The van der Waals surface area contributed by atoms with Gasteiger partial charge >= 0.3 is 0 Å². The molecule has 0 aromatic heterocycles. The molecule has 1 atom stereocenters. The summed E-state index contributed by atoms with van der Waals surface area (Å²) in [5.41, 5.74) is 1.18. The Balaban J connectivity index is 1.92. The zero-order valence-electron chi connectivity index (χ0n) is 12.2.